The molecule has 0 amide bonds. The number of nitrogens with zero attached hydrogens (tertiary/aromatic N) is 4. The smallest absolute Gasteiger partial charge is 0.330 e. The predicted molar refractivity (Wildman–Crippen MR) is 77.0 cm³/mol. The Morgan fingerprint density at radius 1 is 1.57 bits per heavy atom. The first-order valence-corrected chi connectivity index (χ1v) is 7.07. The molecule has 0 aliphatic carbocycles. The van der Waals surface area contributed by atoms with Crippen LogP contribution in [0.25, 0.3) is 10.4 Å². The Bertz CT molecular complexity index is 659. The molecule has 1 N–H and O–H groups in total. The van der Waals surface area contributed by atoms with Crippen molar-refractivity contribution in [2.45, 2.75) is 45.4 Å². The number of rotatable bonds is 5. The van der Waals surface area contributed by atoms with Crippen LogP contribution in [0.4, 0.5) is 0 Å². The Balaban J connectivity index is 2.27. The Morgan fingerprint density at radius 2 is 2.33 bits per heavy atom. The van der Waals surface area contributed by atoms with Crippen LogP contribution in [0.3, 0.4) is 0 Å². The van der Waals surface area contributed by atoms with E-state index in [9.17, 15) is 9.59 Å². The number of aromatic nitrogens is 2. The normalized spacial score (nSPS) is 24.8. The molecule has 0 radical (unpaired) electrons. The third-order valence-corrected chi connectivity index (χ3v) is 3.84. The molecule has 1 aliphatic heterocycles. The van der Waals surface area contributed by atoms with Gasteiger partial charge >= 0.3 is 5.69 Å². The van der Waals surface area contributed by atoms with Crippen molar-refractivity contribution in [1.29, 1.82) is 0 Å². The number of azide groups is 1. The molecule has 21 heavy (non-hydrogen) atoms. The Morgan fingerprint density at radius 3 is 2.95 bits per heavy atom. The molecule has 3 atom stereocenters. The molecule has 2 rings (SSSR count). The van der Waals surface area contributed by atoms with E-state index in [1.54, 1.807) is 0 Å². The summed E-state index contributed by atoms with van der Waals surface area (Å²) in [5.74, 6) is 0.366. The molecular formula is C13H19N5O3. The van der Waals surface area contributed by atoms with Crippen LogP contribution in [-0.2, 0) is 11.2 Å². The van der Waals surface area contributed by atoms with Gasteiger partial charge in [0, 0.05) is 23.2 Å². The fourth-order valence-corrected chi connectivity index (χ4v) is 2.67. The zero-order chi connectivity index (χ0) is 15.4. The van der Waals surface area contributed by atoms with Crippen molar-refractivity contribution in [3.05, 3.63) is 43.0 Å². The van der Waals surface area contributed by atoms with Gasteiger partial charge < -0.3 is 4.74 Å². The topological polar surface area (TPSA) is 113 Å². The lowest BCUT2D eigenvalue weighted by atomic mass is 10.0. The van der Waals surface area contributed by atoms with Crippen LogP contribution in [0, 0.1) is 5.92 Å². The molecule has 0 saturated carbocycles. The lowest BCUT2D eigenvalue weighted by Crippen LogP contribution is -2.34. The first kappa shape index (κ1) is 15.3. The van der Waals surface area contributed by atoms with Crippen molar-refractivity contribution in [3.63, 3.8) is 0 Å². The fraction of sp³-hybridized carbons (Fsp3) is 0.692. The molecule has 0 unspecified atom stereocenters. The second-order valence-electron chi connectivity index (χ2n) is 5.28. The Hall–Kier alpha value is -2.05. The van der Waals surface area contributed by atoms with Gasteiger partial charge in [-0.05, 0) is 30.7 Å². The molecule has 114 valence electrons. The number of hydrogen-bond acceptors (Lipinski definition) is 4. The van der Waals surface area contributed by atoms with E-state index in [1.807, 2.05) is 6.92 Å². The lowest BCUT2D eigenvalue weighted by Gasteiger charge is -2.15. The Kier molecular flexibility index (Phi) is 4.82. The molecular weight excluding hydrogens is 274 g/mol. The van der Waals surface area contributed by atoms with Crippen molar-refractivity contribution >= 4 is 0 Å². The van der Waals surface area contributed by atoms with E-state index in [1.165, 1.54) is 10.8 Å². The highest BCUT2D eigenvalue weighted by atomic mass is 16.5. The van der Waals surface area contributed by atoms with E-state index in [0.29, 0.717) is 17.9 Å². The van der Waals surface area contributed by atoms with Crippen LogP contribution >= 0.6 is 0 Å². The molecule has 1 saturated heterocycles. The largest absolute Gasteiger partial charge is 0.354 e. The van der Waals surface area contributed by atoms with Gasteiger partial charge in [0.15, 0.2) is 0 Å². The fourth-order valence-electron chi connectivity index (χ4n) is 2.67. The summed E-state index contributed by atoms with van der Waals surface area (Å²) in [6.07, 6.45) is 3.20. The van der Waals surface area contributed by atoms with Crippen molar-refractivity contribution in [3.8, 4) is 0 Å². The number of hydrogen-bond donors (Lipinski definition) is 1. The summed E-state index contributed by atoms with van der Waals surface area (Å²) >= 11 is 0. The van der Waals surface area contributed by atoms with E-state index in [4.69, 9.17) is 10.3 Å². The van der Waals surface area contributed by atoms with Gasteiger partial charge in [-0.25, -0.2) is 4.79 Å². The molecule has 0 bridgehead atoms. The standard InChI is InChI=1S/C13H19N5O3/c1-3-10-8(2)6-11(21-10)18-7-9(4-5-15-17-14)12(19)16-13(18)20/h7-8,10-11H,3-6H2,1-2H3,(H,16,19,20)/t8-,10+,11+/m0/s1. The van der Waals surface area contributed by atoms with Gasteiger partial charge in [0.05, 0.1) is 6.10 Å². The summed E-state index contributed by atoms with van der Waals surface area (Å²) in [5.41, 5.74) is 7.77. The van der Waals surface area contributed by atoms with Crippen molar-refractivity contribution < 1.29 is 4.74 Å². The minimum absolute atomic E-state index is 0.125. The summed E-state index contributed by atoms with van der Waals surface area (Å²) in [6.45, 7) is 4.31. The van der Waals surface area contributed by atoms with Gasteiger partial charge in [-0.1, -0.05) is 19.0 Å². The molecule has 1 aromatic heterocycles. The second-order valence-corrected chi connectivity index (χ2v) is 5.28. The molecule has 0 aromatic carbocycles. The number of ether oxygens (including phenoxy) is 1. The SMILES string of the molecule is CC[C@H]1O[C@@H](n2cc(CCN=[N+]=[N-])c(=O)[nH]c2=O)C[C@@H]1C. The van der Waals surface area contributed by atoms with Crippen LogP contribution in [-0.4, -0.2) is 22.2 Å². The molecule has 0 spiro atoms. The third kappa shape index (κ3) is 3.34. The quantitative estimate of drug-likeness (QED) is 0.506. The van der Waals surface area contributed by atoms with Gasteiger partial charge in [-0.15, -0.1) is 0 Å². The number of aromatic amines is 1. The van der Waals surface area contributed by atoms with Crippen molar-refractivity contribution in [2.24, 2.45) is 11.0 Å². The van der Waals surface area contributed by atoms with Gasteiger partial charge in [0.1, 0.15) is 6.23 Å². The van der Waals surface area contributed by atoms with Gasteiger partial charge in [0.2, 0.25) is 0 Å². The van der Waals surface area contributed by atoms with Crippen LogP contribution in [0.5, 0.6) is 0 Å². The number of H-pyrrole nitrogens is 1. The average Bonchev–Trinajstić information content (AvgIpc) is 2.82. The van der Waals surface area contributed by atoms with E-state index < -0.39 is 11.2 Å². The highest BCUT2D eigenvalue weighted by molar-refractivity contribution is 5.06. The van der Waals surface area contributed by atoms with Crippen molar-refractivity contribution in [2.75, 3.05) is 6.54 Å². The van der Waals surface area contributed by atoms with E-state index >= 15 is 0 Å². The summed E-state index contributed by atoms with van der Waals surface area (Å²) in [6, 6.07) is 0. The average molecular weight is 293 g/mol. The minimum Gasteiger partial charge on any atom is -0.354 e. The summed E-state index contributed by atoms with van der Waals surface area (Å²) in [4.78, 5) is 28.6. The lowest BCUT2D eigenvalue weighted by molar-refractivity contribution is -0.00772. The first-order valence-electron chi connectivity index (χ1n) is 7.07. The van der Waals surface area contributed by atoms with Gasteiger partial charge in [-0.2, -0.15) is 0 Å². The summed E-state index contributed by atoms with van der Waals surface area (Å²) in [7, 11) is 0. The maximum absolute atomic E-state index is 12.0. The van der Waals surface area contributed by atoms with Crippen molar-refractivity contribution in [1.82, 2.24) is 9.55 Å². The highest BCUT2D eigenvalue weighted by Crippen LogP contribution is 2.33. The molecule has 1 fully saturated rings. The first-order chi connectivity index (χ1) is 10.1. The zero-order valence-corrected chi connectivity index (χ0v) is 12.2. The number of nitrogens with one attached hydrogen (secondary N) is 1. The third-order valence-electron chi connectivity index (χ3n) is 3.84. The summed E-state index contributed by atoms with van der Waals surface area (Å²) < 4.78 is 7.30. The van der Waals surface area contributed by atoms with E-state index in [2.05, 4.69) is 21.9 Å². The maximum atomic E-state index is 12.0. The van der Waals surface area contributed by atoms with E-state index in [-0.39, 0.29) is 18.9 Å². The van der Waals surface area contributed by atoms with Crippen LogP contribution in [0.2, 0.25) is 0 Å². The van der Waals surface area contributed by atoms with Crippen LogP contribution in [0.1, 0.15) is 38.5 Å². The monoisotopic (exact) mass is 293 g/mol. The molecule has 8 nitrogen and oxygen atoms in total. The maximum Gasteiger partial charge on any atom is 0.330 e. The minimum atomic E-state index is -0.471. The Labute approximate surface area is 121 Å². The van der Waals surface area contributed by atoms with Gasteiger partial charge in [0.25, 0.3) is 5.56 Å². The van der Waals surface area contributed by atoms with Crippen LogP contribution < -0.4 is 11.2 Å². The van der Waals surface area contributed by atoms with Gasteiger partial charge in [-0.3, -0.25) is 14.3 Å². The van der Waals surface area contributed by atoms with E-state index in [0.717, 1.165) is 12.8 Å². The molecule has 2 heterocycles. The van der Waals surface area contributed by atoms with Crippen LogP contribution in [0.15, 0.2) is 20.9 Å². The predicted octanol–water partition coefficient (Wildman–Crippen LogP) is 1.72. The molecule has 8 heteroatoms. The zero-order valence-electron chi connectivity index (χ0n) is 12.2. The summed E-state index contributed by atoms with van der Waals surface area (Å²) in [5, 5.41) is 3.40. The highest BCUT2D eigenvalue weighted by Gasteiger charge is 2.32. The molecule has 1 aliphatic rings. The second kappa shape index (κ2) is 6.60. The molecule has 1 aromatic rings.